The molecule has 0 aliphatic rings. The predicted octanol–water partition coefficient (Wildman–Crippen LogP) is 4.35. The maximum atomic E-state index is 6.21. The molecule has 86 valence electrons. The molecule has 3 heteroatoms. The van der Waals surface area contributed by atoms with E-state index in [1.807, 2.05) is 0 Å². The van der Waals surface area contributed by atoms with Gasteiger partial charge in [0.25, 0.3) is 0 Å². The van der Waals surface area contributed by atoms with Crippen molar-refractivity contribution in [3.63, 3.8) is 0 Å². The van der Waals surface area contributed by atoms with Gasteiger partial charge >= 0.3 is 0 Å². The molecule has 0 atom stereocenters. The molecule has 0 fully saturated rings. The lowest BCUT2D eigenvalue weighted by Gasteiger charge is -2.49. The maximum absolute atomic E-state index is 6.21. The van der Waals surface area contributed by atoms with Crippen molar-refractivity contribution in [2.45, 2.75) is 58.5 Å². The first-order valence-electron chi connectivity index (χ1n) is 5.32. The number of hydrogen-bond donors (Lipinski definition) is 0. The summed E-state index contributed by atoms with van der Waals surface area (Å²) in [6, 6.07) is 0. The Labute approximate surface area is 95.3 Å². The highest BCUT2D eigenvalue weighted by Crippen LogP contribution is 2.51. The summed E-state index contributed by atoms with van der Waals surface area (Å²) in [5.74, 6) is 0. The second kappa shape index (κ2) is 4.54. The van der Waals surface area contributed by atoms with Gasteiger partial charge in [-0.2, -0.15) is 0 Å². The topological polar surface area (TPSA) is 9.23 Å². The minimum absolute atomic E-state index is 0.184. The lowest BCUT2D eigenvalue weighted by atomic mass is 10.2. The zero-order chi connectivity index (χ0) is 11.6. The first kappa shape index (κ1) is 14.5. The van der Waals surface area contributed by atoms with Gasteiger partial charge in [0.1, 0.15) is 0 Å². The largest absolute Gasteiger partial charge is 0.415 e. The number of rotatable bonds is 3. The van der Waals surface area contributed by atoms with Crippen molar-refractivity contribution in [1.82, 2.24) is 0 Å². The van der Waals surface area contributed by atoms with Crippen LogP contribution in [0.5, 0.6) is 0 Å². The van der Waals surface area contributed by atoms with Crippen molar-refractivity contribution < 1.29 is 4.43 Å². The van der Waals surface area contributed by atoms with Crippen LogP contribution in [0.1, 0.15) is 48.5 Å². The highest BCUT2D eigenvalue weighted by molar-refractivity contribution is 6.84. The van der Waals surface area contributed by atoms with Crippen LogP contribution in [-0.2, 0) is 4.43 Å². The molecular weight excluding hydrogens is 212 g/mol. The Morgan fingerprint density at radius 2 is 1.36 bits per heavy atom. The molecule has 0 rings (SSSR count). The van der Waals surface area contributed by atoms with Gasteiger partial charge in [-0.05, 0) is 17.0 Å². The molecule has 1 nitrogen and oxygen atoms in total. The first-order valence-corrected chi connectivity index (χ1v) is 7.97. The van der Waals surface area contributed by atoms with Crippen LogP contribution in [0, 0.1) is 0 Å². The van der Waals surface area contributed by atoms with Gasteiger partial charge in [0.2, 0.25) is 8.32 Å². The minimum Gasteiger partial charge on any atom is -0.415 e. The van der Waals surface area contributed by atoms with Crippen LogP contribution < -0.4 is 0 Å². The molecule has 0 N–H and O–H groups in total. The second-order valence-corrected chi connectivity index (χ2v) is 11.9. The van der Waals surface area contributed by atoms with Crippen LogP contribution in [-0.4, -0.2) is 20.4 Å². The van der Waals surface area contributed by atoms with Gasteiger partial charge in [0.15, 0.2) is 0 Å². The Morgan fingerprint density at radius 1 is 1.00 bits per heavy atom. The van der Waals surface area contributed by atoms with Crippen LogP contribution >= 0.6 is 11.6 Å². The molecule has 0 spiro atoms. The monoisotopic (exact) mass is 236 g/mol. The summed E-state index contributed by atoms with van der Waals surface area (Å²) in [5.41, 5.74) is 0.674. The van der Waals surface area contributed by atoms with E-state index in [9.17, 15) is 0 Å². The van der Waals surface area contributed by atoms with Gasteiger partial charge in [-0.1, -0.05) is 41.5 Å². The van der Waals surface area contributed by atoms with E-state index in [-0.39, 0.29) is 10.1 Å². The Kier molecular flexibility index (Phi) is 4.69. The summed E-state index contributed by atoms with van der Waals surface area (Å²) in [5, 5.41) is 0.367. The average molecular weight is 237 g/mol. The fourth-order valence-corrected chi connectivity index (χ4v) is 9.37. The fraction of sp³-hybridized carbons (Fsp3) is 1.00. The second-order valence-electron chi connectivity index (χ2n) is 5.89. The molecule has 0 heterocycles. The van der Waals surface area contributed by atoms with Gasteiger partial charge in [0.05, 0.1) is 0 Å². The van der Waals surface area contributed by atoms with E-state index in [2.05, 4.69) is 48.5 Å². The third-order valence-electron chi connectivity index (χ3n) is 3.00. The van der Waals surface area contributed by atoms with Crippen molar-refractivity contribution in [1.29, 1.82) is 0 Å². The van der Waals surface area contributed by atoms with E-state index in [1.165, 1.54) is 0 Å². The smallest absolute Gasteiger partial charge is 0.217 e. The zero-order valence-electron chi connectivity index (χ0n) is 10.7. The molecule has 0 aromatic rings. The standard InChI is InChI=1S/C11H25ClOSi/c1-8-13-14(9-12,10(2,3)4)11(5,6)7/h8-9H2,1-7H3. The molecular formula is C11H25ClOSi. The normalized spacial score (nSPS) is 14.6. The molecule has 0 saturated carbocycles. The summed E-state index contributed by atoms with van der Waals surface area (Å²) in [4.78, 5) is 0. The number of alkyl halides is 1. The Bertz CT molecular complexity index is 165. The summed E-state index contributed by atoms with van der Waals surface area (Å²) < 4.78 is 6.11. The molecule has 0 unspecified atom stereocenters. The van der Waals surface area contributed by atoms with Crippen molar-refractivity contribution in [2.75, 3.05) is 12.1 Å². The van der Waals surface area contributed by atoms with Crippen molar-refractivity contribution in [3.05, 3.63) is 0 Å². The maximum Gasteiger partial charge on any atom is 0.217 e. The van der Waals surface area contributed by atoms with Crippen LogP contribution in [0.3, 0.4) is 0 Å². The predicted molar refractivity (Wildman–Crippen MR) is 67.5 cm³/mol. The van der Waals surface area contributed by atoms with Gasteiger partial charge < -0.3 is 4.43 Å². The van der Waals surface area contributed by atoms with Crippen LogP contribution in [0.25, 0.3) is 0 Å². The Hall–Kier alpha value is 0.467. The molecule has 0 amide bonds. The fourth-order valence-electron chi connectivity index (χ4n) is 2.24. The molecule has 0 aliphatic heterocycles. The highest BCUT2D eigenvalue weighted by atomic mass is 35.5. The van der Waals surface area contributed by atoms with E-state index < -0.39 is 8.32 Å². The van der Waals surface area contributed by atoms with E-state index in [0.29, 0.717) is 5.50 Å². The Morgan fingerprint density at radius 3 is 1.43 bits per heavy atom. The van der Waals surface area contributed by atoms with Crippen LogP contribution in [0.4, 0.5) is 0 Å². The lowest BCUT2D eigenvalue weighted by molar-refractivity contribution is 0.277. The SMILES string of the molecule is CCO[Si](CCl)(C(C)(C)C)C(C)(C)C. The van der Waals surface area contributed by atoms with Crippen molar-refractivity contribution in [2.24, 2.45) is 0 Å². The summed E-state index contributed by atoms with van der Waals surface area (Å²) >= 11 is 6.21. The molecule has 0 radical (unpaired) electrons. The summed E-state index contributed by atoms with van der Waals surface area (Å²) in [6.45, 7) is 16.3. The van der Waals surface area contributed by atoms with Gasteiger partial charge in [0, 0.05) is 12.1 Å². The summed E-state index contributed by atoms with van der Waals surface area (Å²) in [6.07, 6.45) is 0. The quantitative estimate of drug-likeness (QED) is 0.523. The number of halogens is 1. The molecule has 0 bridgehead atoms. The van der Waals surface area contributed by atoms with E-state index in [1.54, 1.807) is 0 Å². The molecule has 0 saturated heterocycles. The third kappa shape index (κ3) is 2.53. The molecule has 14 heavy (non-hydrogen) atoms. The van der Waals surface area contributed by atoms with E-state index in [0.717, 1.165) is 6.61 Å². The van der Waals surface area contributed by atoms with Crippen molar-refractivity contribution in [3.8, 4) is 0 Å². The lowest BCUT2D eigenvalue weighted by Crippen LogP contribution is -2.56. The van der Waals surface area contributed by atoms with Gasteiger partial charge in [-0.15, -0.1) is 11.6 Å². The third-order valence-corrected chi connectivity index (χ3v) is 10.1. The van der Waals surface area contributed by atoms with Crippen LogP contribution in [0.15, 0.2) is 0 Å². The van der Waals surface area contributed by atoms with Gasteiger partial charge in [-0.3, -0.25) is 0 Å². The van der Waals surface area contributed by atoms with Crippen molar-refractivity contribution >= 4 is 19.9 Å². The van der Waals surface area contributed by atoms with E-state index >= 15 is 0 Å². The summed E-state index contributed by atoms with van der Waals surface area (Å²) in [7, 11) is -1.91. The first-order chi connectivity index (χ1) is 6.12. The molecule has 0 aromatic carbocycles. The highest BCUT2D eigenvalue weighted by Gasteiger charge is 2.54. The van der Waals surface area contributed by atoms with E-state index in [4.69, 9.17) is 16.0 Å². The Balaban J connectivity index is 5.21. The van der Waals surface area contributed by atoms with Gasteiger partial charge in [-0.25, -0.2) is 0 Å². The minimum atomic E-state index is -1.91. The van der Waals surface area contributed by atoms with Crippen LogP contribution in [0.2, 0.25) is 10.1 Å². The molecule has 0 aromatic heterocycles. The zero-order valence-corrected chi connectivity index (χ0v) is 12.5. The number of hydrogen-bond acceptors (Lipinski definition) is 1. The molecule has 0 aliphatic carbocycles. The average Bonchev–Trinajstić information content (AvgIpc) is 1.94.